The molecular formula is C14H16N4OS. The predicted octanol–water partition coefficient (Wildman–Crippen LogP) is 1.33. The van der Waals surface area contributed by atoms with Gasteiger partial charge in [-0.15, -0.1) is 11.3 Å². The summed E-state index contributed by atoms with van der Waals surface area (Å²) in [7, 11) is 0. The van der Waals surface area contributed by atoms with Crippen LogP contribution in [0.15, 0.2) is 12.3 Å². The fraction of sp³-hybridized carbons (Fsp3) is 0.286. The standard InChI is InChI=1S/C14H16N4OS/c1-9-6-13(20-12(9)4-3-5-15)14(19)16-7-11-8-17-18-10(11)2/h6,8H,5,7,15H2,1-2H3,(H,16,19)(H,17,18). The fourth-order valence-electron chi connectivity index (χ4n) is 1.67. The van der Waals surface area contributed by atoms with Crippen LogP contribution in [-0.4, -0.2) is 22.6 Å². The minimum Gasteiger partial charge on any atom is -0.347 e. The van der Waals surface area contributed by atoms with Gasteiger partial charge in [-0.1, -0.05) is 11.8 Å². The van der Waals surface area contributed by atoms with E-state index in [2.05, 4.69) is 27.4 Å². The summed E-state index contributed by atoms with van der Waals surface area (Å²) in [6.07, 6.45) is 1.72. The number of H-pyrrole nitrogens is 1. The van der Waals surface area contributed by atoms with Gasteiger partial charge in [0.15, 0.2) is 0 Å². The van der Waals surface area contributed by atoms with Crippen LogP contribution in [-0.2, 0) is 6.54 Å². The lowest BCUT2D eigenvalue weighted by Gasteiger charge is -2.01. The normalized spacial score (nSPS) is 9.95. The van der Waals surface area contributed by atoms with E-state index < -0.39 is 0 Å². The van der Waals surface area contributed by atoms with Crippen LogP contribution in [0.25, 0.3) is 0 Å². The Hall–Kier alpha value is -2.10. The summed E-state index contributed by atoms with van der Waals surface area (Å²) in [6.45, 7) is 4.64. The van der Waals surface area contributed by atoms with E-state index in [-0.39, 0.29) is 5.91 Å². The molecule has 0 unspecified atom stereocenters. The number of carbonyl (C=O) groups is 1. The first-order valence-corrected chi connectivity index (χ1v) is 7.00. The number of rotatable bonds is 3. The number of hydrogen-bond acceptors (Lipinski definition) is 4. The first-order chi connectivity index (χ1) is 9.61. The molecule has 0 fully saturated rings. The lowest BCUT2D eigenvalue weighted by molar-refractivity contribution is 0.0955. The van der Waals surface area contributed by atoms with Gasteiger partial charge in [-0.3, -0.25) is 9.89 Å². The second-order valence-electron chi connectivity index (χ2n) is 4.33. The Kier molecular flexibility index (Phi) is 4.56. The van der Waals surface area contributed by atoms with E-state index in [1.165, 1.54) is 11.3 Å². The van der Waals surface area contributed by atoms with Gasteiger partial charge in [-0.25, -0.2) is 0 Å². The summed E-state index contributed by atoms with van der Waals surface area (Å²) < 4.78 is 0. The molecule has 0 aliphatic heterocycles. The van der Waals surface area contributed by atoms with Crippen LogP contribution in [0.4, 0.5) is 0 Å². The summed E-state index contributed by atoms with van der Waals surface area (Å²) in [6, 6.07) is 1.85. The summed E-state index contributed by atoms with van der Waals surface area (Å²) >= 11 is 1.38. The average molecular weight is 288 g/mol. The molecule has 0 bridgehead atoms. The number of aromatic amines is 1. The predicted molar refractivity (Wildman–Crippen MR) is 79.5 cm³/mol. The molecule has 0 saturated heterocycles. The highest BCUT2D eigenvalue weighted by molar-refractivity contribution is 7.14. The minimum absolute atomic E-state index is 0.0977. The van der Waals surface area contributed by atoms with Crippen molar-refractivity contribution in [2.45, 2.75) is 20.4 Å². The van der Waals surface area contributed by atoms with Gasteiger partial charge in [0.2, 0.25) is 0 Å². The molecule has 2 aromatic rings. The van der Waals surface area contributed by atoms with Gasteiger partial charge < -0.3 is 11.1 Å². The molecule has 4 N–H and O–H groups in total. The largest absolute Gasteiger partial charge is 0.347 e. The van der Waals surface area contributed by atoms with E-state index in [1.807, 2.05) is 19.9 Å². The van der Waals surface area contributed by atoms with E-state index >= 15 is 0 Å². The highest BCUT2D eigenvalue weighted by Crippen LogP contribution is 2.20. The van der Waals surface area contributed by atoms with Crippen LogP contribution in [0, 0.1) is 25.7 Å². The van der Waals surface area contributed by atoms with Gasteiger partial charge in [0.1, 0.15) is 0 Å². The van der Waals surface area contributed by atoms with Crippen LogP contribution in [0.2, 0.25) is 0 Å². The highest BCUT2D eigenvalue weighted by Gasteiger charge is 2.12. The number of aromatic nitrogens is 2. The Balaban J connectivity index is 2.04. The molecule has 0 aliphatic rings. The second kappa shape index (κ2) is 6.37. The maximum Gasteiger partial charge on any atom is 0.261 e. The van der Waals surface area contributed by atoms with Crippen LogP contribution >= 0.6 is 11.3 Å². The van der Waals surface area contributed by atoms with Crippen molar-refractivity contribution in [1.82, 2.24) is 15.5 Å². The molecule has 2 heterocycles. The molecule has 0 saturated carbocycles. The fourth-order valence-corrected chi connectivity index (χ4v) is 2.63. The van der Waals surface area contributed by atoms with Crippen molar-refractivity contribution >= 4 is 17.2 Å². The van der Waals surface area contributed by atoms with Crippen molar-refractivity contribution in [3.63, 3.8) is 0 Å². The van der Waals surface area contributed by atoms with Gasteiger partial charge in [0.05, 0.1) is 22.5 Å². The zero-order valence-corrected chi connectivity index (χ0v) is 12.2. The quantitative estimate of drug-likeness (QED) is 0.745. The molecule has 2 rings (SSSR count). The molecule has 0 spiro atoms. The molecule has 0 aliphatic carbocycles. The summed E-state index contributed by atoms with van der Waals surface area (Å²) in [5, 5.41) is 9.64. The molecule has 0 radical (unpaired) electrons. The molecule has 5 nitrogen and oxygen atoms in total. The minimum atomic E-state index is -0.0977. The molecular weight excluding hydrogens is 272 g/mol. The first-order valence-electron chi connectivity index (χ1n) is 6.18. The Morgan fingerprint density at radius 1 is 1.55 bits per heavy atom. The second-order valence-corrected chi connectivity index (χ2v) is 5.38. The van der Waals surface area contributed by atoms with E-state index in [1.54, 1.807) is 6.20 Å². The smallest absolute Gasteiger partial charge is 0.261 e. The molecule has 1 amide bonds. The molecule has 0 aromatic carbocycles. The maximum atomic E-state index is 12.1. The molecule has 104 valence electrons. The third-order valence-electron chi connectivity index (χ3n) is 2.82. The monoisotopic (exact) mass is 288 g/mol. The number of nitrogens with two attached hydrogens (primary N) is 1. The zero-order chi connectivity index (χ0) is 14.5. The Morgan fingerprint density at radius 3 is 3.00 bits per heavy atom. The van der Waals surface area contributed by atoms with Crippen molar-refractivity contribution in [1.29, 1.82) is 0 Å². The highest BCUT2D eigenvalue weighted by atomic mass is 32.1. The van der Waals surface area contributed by atoms with Gasteiger partial charge in [-0.2, -0.15) is 5.10 Å². The number of aryl methyl sites for hydroxylation is 2. The number of amides is 1. The Bertz CT molecular complexity index is 675. The van der Waals surface area contributed by atoms with Crippen LogP contribution in [0.5, 0.6) is 0 Å². The number of nitrogens with one attached hydrogen (secondary N) is 2. The SMILES string of the molecule is Cc1cc(C(=O)NCc2cn[nH]c2C)sc1C#CCN. The van der Waals surface area contributed by atoms with Crippen molar-refractivity contribution in [3.05, 3.63) is 38.8 Å². The van der Waals surface area contributed by atoms with E-state index in [0.717, 1.165) is 21.7 Å². The van der Waals surface area contributed by atoms with Gasteiger partial charge in [-0.05, 0) is 25.5 Å². The van der Waals surface area contributed by atoms with E-state index in [9.17, 15) is 4.79 Å². The van der Waals surface area contributed by atoms with Gasteiger partial charge in [0.25, 0.3) is 5.91 Å². The van der Waals surface area contributed by atoms with Crippen molar-refractivity contribution in [2.75, 3.05) is 6.54 Å². The van der Waals surface area contributed by atoms with Crippen molar-refractivity contribution in [2.24, 2.45) is 5.73 Å². The topological polar surface area (TPSA) is 83.8 Å². The number of carbonyl (C=O) groups excluding carboxylic acids is 1. The van der Waals surface area contributed by atoms with Crippen LogP contribution in [0.1, 0.15) is 31.4 Å². The molecule has 0 atom stereocenters. The van der Waals surface area contributed by atoms with Crippen LogP contribution in [0.3, 0.4) is 0 Å². The number of thiophene rings is 1. The van der Waals surface area contributed by atoms with E-state index in [0.29, 0.717) is 18.0 Å². The zero-order valence-electron chi connectivity index (χ0n) is 11.4. The summed E-state index contributed by atoms with van der Waals surface area (Å²) in [4.78, 5) is 13.6. The van der Waals surface area contributed by atoms with E-state index in [4.69, 9.17) is 5.73 Å². The number of hydrogen-bond donors (Lipinski definition) is 3. The van der Waals surface area contributed by atoms with Crippen LogP contribution < -0.4 is 11.1 Å². The van der Waals surface area contributed by atoms with Gasteiger partial charge in [0, 0.05) is 17.8 Å². The Morgan fingerprint density at radius 2 is 2.35 bits per heavy atom. The lowest BCUT2D eigenvalue weighted by atomic mass is 10.2. The number of nitrogens with zero attached hydrogens (tertiary/aromatic N) is 1. The first kappa shape index (κ1) is 14.3. The third kappa shape index (κ3) is 3.26. The molecule has 20 heavy (non-hydrogen) atoms. The third-order valence-corrected chi connectivity index (χ3v) is 3.97. The lowest BCUT2D eigenvalue weighted by Crippen LogP contribution is -2.21. The maximum absolute atomic E-state index is 12.1. The summed E-state index contributed by atoms with van der Waals surface area (Å²) in [5.74, 6) is 5.68. The summed E-state index contributed by atoms with van der Waals surface area (Å²) in [5.41, 5.74) is 8.29. The van der Waals surface area contributed by atoms with Crippen molar-refractivity contribution < 1.29 is 4.79 Å². The van der Waals surface area contributed by atoms with Gasteiger partial charge >= 0.3 is 0 Å². The Labute approximate surface area is 121 Å². The average Bonchev–Trinajstić information content (AvgIpc) is 3.00. The molecule has 2 aromatic heterocycles. The molecule has 6 heteroatoms. The van der Waals surface area contributed by atoms with Crippen molar-refractivity contribution in [3.8, 4) is 11.8 Å².